The molecule has 0 aliphatic carbocycles. The van der Waals surface area contributed by atoms with Crippen LogP contribution in [0.2, 0.25) is 0 Å². The second-order valence-corrected chi connectivity index (χ2v) is 8.43. The highest BCUT2D eigenvalue weighted by Crippen LogP contribution is 2.41. The third kappa shape index (κ3) is 4.68. The van der Waals surface area contributed by atoms with Gasteiger partial charge in [-0.2, -0.15) is 0 Å². The second kappa shape index (κ2) is 9.82. The van der Waals surface area contributed by atoms with Crippen molar-refractivity contribution in [1.82, 2.24) is 9.97 Å². The van der Waals surface area contributed by atoms with Crippen molar-refractivity contribution in [2.24, 2.45) is 0 Å². The first-order valence-electron chi connectivity index (χ1n) is 9.97. The van der Waals surface area contributed by atoms with Crippen LogP contribution in [-0.4, -0.2) is 56.6 Å². The lowest BCUT2D eigenvalue weighted by Gasteiger charge is -2.21. The molecule has 0 fully saturated rings. The first kappa shape index (κ1) is 23.1. The van der Waals surface area contributed by atoms with Crippen LogP contribution < -0.4 is 19.8 Å². The van der Waals surface area contributed by atoms with E-state index < -0.39 is 11.5 Å². The number of esters is 1. The summed E-state index contributed by atoms with van der Waals surface area (Å²) >= 11 is 7.58. The maximum absolute atomic E-state index is 12.8. The maximum atomic E-state index is 12.8. The van der Waals surface area contributed by atoms with E-state index in [1.54, 1.807) is 25.1 Å². The van der Waals surface area contributed by atoms with Gasteiger partial charge in [-0.05, 0) is 36.3 Å². The summed E-state index contributed by atoms with van der Waals surface area (Å²) in [5.74, 6) is 1.22. The lowest BCUT2D eigenvalue weighted by Crippen LogP contribution is -2.16. The van der Waals surface area contributed by atoms with E-state index in [0.29, 0.717) is 56.7 Å². The minimum absolute atomic E-state index is 0.117. The van der Waals surface area contributed by atoms with Gasteiger partial charge in [0.05, 0.1) is 24.1 Å². The van der Waals surface area contributed by atoms with Gasteiger partial charge >= 0.3 is 5.97 Å². The van der Waals surface area contributed by atoms with Gasteiger partial charge in [0.15, 0.2) is 17.3 Å². The summed E-state index contributed by atoms with van der Waals surface area (Å²) in [5, 5.41) is 0.524. The molecule has 0 radical (unpaired) electrons. The number of H-pyrrole nitrogens is 1. The molecule has 3 heterocycles. The van der Waals surface area contributed by atoms with Crippen molar-refractivity contribution in [3.63, 3.8) is 0 Å². The van der Waals surface area contributed by atoms with E-state index in [0.717, 1.165) is 11.3 Å². The van der Waals surface area contributed by atoms with E-state index in [1.165, 1.54) is 14.2 Å². The lowest BCUT2D eigenvalue weighted by molar-refractivity contribution is 0.0393. The minimum Gasteiger partial charge on any atom is -0.493 e. The molecular weight excluding hydrogens is 472 g/mol. The van der Waals surface area contributed by atoms with E-state index in [-0.39, 0.29) is 24.1 Å². The highest BCUT2D eigenvalue weighted by Gasteiger charge is 2.22. The van der Waals surface area contributed by atoms with Gasteiger partial charge in [0.2, 0.25) is 5.75 Å². The quantitative estimate of drug-likeness (QED) is 0.393. The van der Waals surface area contributed by atoms with Crippen molar-refractivity contribution < 1.29 is 28.5 Å². The van der Waals surface area contributed by atoms with Crippen LogP contribution in [0.5, 0.6) is 17.2 Å². The summed E-state index contributed by atoms with van der Waals surface area (Å²) in [7, 11) is 3.05. The molecule has 0 unspecified atom stereocenters. The Hall–Kier alpha value is -3.08. The summed E-state index contributed by atoms with van der Waals surface area (Å²) < 4.78 is 26.7. The zero-order valence-corrected chi connectivity index (χ0v) is 19.7. The highest BCUT2D eigenvalue weighted by molar-refractivity contribution is 7.20. The topological polar surface area (TPSA) is 109 Å². The first-order valence-corrected chi connectivity index (χ1v) is 11.2. The highest BCUT2D eigenvalue weighted by atomic mass is 35.5. The average molecular weight is 493 g/mol. The molecule has 1 N–H and O–H groups in total. The monoisotopic (exact) mass is 492 g/mol. The lowest BCUT2D eigenvalue weighted by atomic mass is 10.1. The Morgan fingerprint density at radius 3 is 2.82 bits per heavy atom. The van der Waals surface area contributed by atoms with Gasteiger partial charge < -0.3 is 28.7 Å². The molecular formula is C22H21ClN2O7S. The van der Waals surface area contributed by atoms with Crippen LogP contribution in [0.15, 0.2) is 16.9 Å². The Morgan fingerprint density at radius 1 is 1.27 bits per heavy atom. The van der Waals surface area contributed by atoms with Gasteiger partial charge in [-0.15, -0.1) is 11.3 Å². The largest absolute Gasteiger partial charge is 0.493 e. The molecule has 0 spiro atoms. The van der Waals surface area contributed by atoms with Crippen molar-refractivity contribution in [2.45, 2.75) is 6.92 Å². The van der Waals surface area contributed by atoms with Crippen LogP contribution in [0.25, 0.3) is 21.3 Å². The average Bonchev–Trinajstić information content (AvgIpc) is 3.15. The van der Waals surface area contributed by atoms with Gasteiger partial charge in [-0.1, -0.05) is 11.6 Å². The number of nitrogens with zero attached hydrogens (tertiary/aromatic N) is 1. The number of carbonyl (C=O) groups excluding carboxylic acids is 1. The molecule has 0 amide bonds. The Balaban J connectivity index is 1.69. The number of hydrogen-bond donors (Lipinski definition) is 1. The fourth-order valence-corrected chi connectivity index (χ4v) is 4.62. The summed E-state index contributed by atoms with van der Waals surface area (Å²) in [6.07, 6.45) is 1.63. The number of thiophene rings is 1. The van der Waals surface area contributed by atoms with Crippen molar-refractivity contribution in [3.05, 3.63) is 44.3 Å². The van der Waals surface area contributed by atoms with Crippen LogP contribution in [0, 0.1) is 6.92 Å². The third-order valence-corrected chi connectivity index (χ3v) is 6.33. The molecule has 0 saturated carbocycles. The Bertz CT molecular complexity index is 1280. The molecule has 174 valence electrons. The van der Waals surface area contributed by atoms with Crippen molar-refractivity contribution in [2.75, 3.05) is 40.6 Å². The molecule has 2 aromatic heterocycles. The number of nitrogens with one attached hydrogen (secondary N) is 1. The van der Waals surface area contributed by atoms with Gasteiger partial charge in [-0.3, -0.25) is 4.79 Å². The van der Waals surface area contributed by atoms with E-state index in [4.69, 9.17) is 35.3 Å². The zero-order chi connectivity index (χ0) is 23.5. The number of hydrogen-bond acceptors (Lipinski definition) is 9. The molecule has 0 saturated heterocycles. The van der Waals surface area contributed by atoms with Crippen LogP contribution in [0.3, 0.4) is 0 Å². The summed E-state index contributed by atoms with van der Waals surface area (Å²) in [6, 6.07) is 3.51. The number of aryl methyl sites for hydroxylation is 1. The molecule has 0 bridgehead atoms. The van der Waals surface area contributed by atoms with Crippen molar-refractivity contribution >= 4 is 50.2 Å². The molecule has 3 aromatic rings. The predicted octanol–water partition coefficient (Wildman–Crippen LogP) is 3.61. The fraction of sp³-hybridized carbons (Fsp3) is 0.318. The SMILES string of the molecule is COCCOC(=O)c1sc2nc(/C(Cl)=C/c3cc(OC)c4c(c3)OCCO4)[nH]c(=O)c2c1C. The third-order valence-electron chi connectivity index (χ3n) is 4.88. The summed E-state index contributed by atoms with van der Waals surface area (Å²) in [6.45, 7) is 2.94. The van der Waals surface area contributed by atoms with Crippen LogP contribution in [-0.2, 0) is 9.47 Å². The van der Waals surface area contributed by atoms with Crippen LogP contribution in [0.4, 0.5) is 0 Å². The number of fused-ring (bicyclic) bond motifs is 2. The van der Waals surface area contributed by atoms with E-state index in [2.05, 4.69) is 9.97 Å². The van der Waals surface area contributed by atoms with Gasteiger partial charge in [0.1, 0.15) is 29.5 Å². The predicted molar refractivity (Wildman–Crippen MR) is 125 cm³/mol. The minimum atomic E-state index is -0.529. The Labute approximate surface area is 197 Å². The summed E-state index contributed by atoms with van der Waals surface area (Å²) in [4.78, 5) is 33.0. The molecule has 0 atom stereocenters. The zero-order valence-electron chi connectivity index (χ0n) is 18.2. The van der Waals surface area contributed by atoms with Crippen molar-refractivity contribution in [3.8, 4) is 17.2 Å². The van der Waals surface area contributed by atoms with Crippen molar-refractivity contribution in [1.29, 1.82) is 0 Å². The molecule has 9 nitrogen and oxygen atoms in total. The number of rotatable bonds is 7. The van der Waals surface area contributed by atoms with Gasteiger partial charge in [0.25, 0.3) is 5.56 Å². The number of methoxy groups -OCH3 is 2. The molecule has 33 heavy (non-hydrogen) atoms. The van der Waals surface area contributed by atoms with E-state index in [1.807, 2.05) is 0 Å². The number of aromatic nitrogens is 2. The van der Waals surface area contributed by atoms with Gasteiger partial charge in [-0.25, -0.2) is 9.78 Å². The fourth-order valence-electron chi connectivity index (χ4n) is 3.33. The normalized spacial score (nSPS) is 13.3. The Morgan fingerprint density at radius 2 is 2.06 bits per heavy atom. The van der Waals surface area contributed by atoms with E-state index >= 15 is 0 Å². The molecule has 4 rings (SSSR count). The Kier molecular flexibility index (Phi) is 6.87. The maximum Gasteiger partial charge on any atom is 0.348 e. The number of benzene rings is 1. The molecule has 1 aliphatic rings. The number of aromatic amines is 1. The second-order valence-electron chi connectivity index (χ2n) is 7.02. The standard InChI is InChI=1S/C22H21ClN2O7S/c1-11-16-20(26)24-19(25-21(16)33-18(11)22(27)32-5-4-28-2)13(23)8-12-9-14(29-3)17-15(10-12)30-6-7-31-17/h8-10H,4-7H2,1-3H3,(H,24,25,26)/b13-8-. The number of ether oxygens (including phenoxy) is 5. The first-order chi connectivity index (χ1) is 15.9. The van der Waals surface area contributed by atoms with Crippen LogP contribution >= 0.6 is 22.9 Å². The van der Waals surface area contributed by atoms with Crippen LogP contribution in [0.1, 0.15) is 26.6 Å². The molecule has 11 heteroatoms. The molecule has 1 aromatic carbocycles. The number of halogens is 1. The molecule has 1 aliphatic heterocycles. The van der Waals surface area contributed by atoms with E-state index in [9.17, 15) is 9.59 Å². The smallest absolute Gasteiger partial charge is 0.348 e. The van der Waals surface area contributed by atoms with Gasteiger partial charge in [0, 0.05) is 7.11 Å². The summed E-state index contributed by atoms with van der Waals surface area (Å²) in [5.41, 5.74) is 0.786. The number of carbonyl (C=O) groups is 1.